The summed E-state index contributed by atoms with van der Waals surface area (Å²) in [4.78, 5) is 13.3. The molecule has 0 radical (unpaired) electrons. The van der Waals surface area contributed by atoms with E-state index in [1.54, 1.807) is 0 Å². The van der Waals surface area contributed by atoms with Gasteiger partial charge in [0.25, 0.3) is 0 Å². The number of hydrogen-bond donors (Lipinski definition) is 0. The van der Waals surface area contributed by atoms with Gasteiger partial charge in [0.15, 0.2) is 5.78 Å². The zero-order valence-corrected chi connectivity index (χ0v) is 16.6. The Morgan fingerprint density at radius 1 is 1.04 bits per heavy atom. The summed E-state index contributed by atoms with van der Waals surface area (Å²) in [6.45, 7) is 6.56. The number of aromatic nitrogens is 2. The first-order chi connectivity index (χ1) is 13.6. The van der Waals surface area contributed by atoms with Crippen LogP contribution in [0.1, 0.15) is 58.1 Å². The molecule has 0 fully saturated rings. The van der Waals surface area contributed by atoms with E-state index >= 15 is 0 Å². The van der Waals surface area contributed by atoms with Crippen molar-refractivity contribution in [2.24, 2.45) is 0 Å². The Morgan fingerprint density at radius 2 is 1.61 bits per heavy atom. The van der Waals surface area contributed by atoms with Crippen molar-refractivity contribution >= 4 is 5.78 Å². The lowest BCUT2D eigenvalue weighted by Crippen LogP contribution is -2.16. The van der Waals surface area contributed by atoms with Gasteiger partial charge < -0.3 is 0 Å². The molecular formula is C24H25N3O. The molecule has 1 aromatic heterocycles. The summed E-state index contributed by atoms with van der Waals surface area (Å²) < 4.78 is 1.86. The Hall–Kier alpha value is -3.19. The monoisotopic (exact) mass is 371 g/mol. The Balaban J connectivity index is 2.00. The van der Waals surface area contributed by atoms with Crippen LogP contribution >= 0.6 is 0 Å². The van der Waals surface area contributed by atoms with E-state index in [4.69, 9.17) is 0 Å². The van der Waals surface area contributed by atoms with Crippen LogP contribution < -0.4 is 0 Å². The van der Waals surface area contributed by atoms with Crippen LogP contribution in [0.5, 0.6) is 0 Å². The summed E-state index contributed by atoms with van der Waals surface area (Å²) in [7, 11) is 0. The molecule has 28 heavy (non-hydrogen) atoms. The van der Waals surface area contributed by atoms with E-state index in [0.717, 1.165) is 29.1 Å². The molecular weight excluding hydrogens is 346 g/mol. The summed E-state index contributed by atoms with van der Waals surface area (Å²) in [5.41, 5.74) is 4.27. The van der Waals surface area contributed by atoms with Crippen LogP contribution in [0.25, 0.3) is 0 Å². The molecule has 0 spiro atoms. The molecule has 0 aliphatic rings. The lowest BCUT2D eigenvalue weighted by molar-refractivity contribution is 0.0970. The van der Waals surface area contributed by atoms with Crippen molar-refractivity contribution in [1.29, 1.82) is 5.26 Å². The summed E-state index contributed by atoms with van der Waals surface area (Å²) in [6.07, 6.45) is 0.272. The maximum atomic E-state index is 13.3. The Labute approximate surface area is 166 Å². The van der Waals surface area contributed by atoms with Gasteiger partial charge in [0.1, 0.15) is 0 Å². The molecule has 2 atom stereocenters. The highest BCUT2D eigenvalue weighted by atomic mass is 16.1. The van der Waals surface area contributed by atoms with Crippen LogP contribution in [0.15, 0.2) is 60.7 Å². The fraction of sp³-hybridized carbons (Fsp3) is 0.292. The highest BCUT2D eigenvalue weighted by Crippen LogP contribution is 2.36. The lowest BCUT2D eigenvalue weighted by Gasteiger charge is -2.22. The zero-order valence-electron chi connectivity index (χ0n) is 16.6. The molecule has 0 saturated carbocycles. The van der Waals surface area contributed by atoms with E-state index < -0.39 is 5.92 Å². The predicted molar refractivity (Wildman–Crippen MR) is 110 cm³/mol. The molecule has 0 unspecified atom stereocenters. The molecule has 0 N–H and O–H groups in total. The third-order valence-corrected chi connectivity index (χ3v) is 5.29. The van der Waals surface area contributed by atoms with Gasteiger partial charge in [-0.3, -0.25) is 9.48 Å². The van der Waals surface area contributed by atoms with E-state index in [0.29, 0.717) is 5.56 Å². The quantitative estimate of drug-likeness (QED) is 0.537. The summed E-state index contributed by atoms with van der Waals surface area (Å²) in [6, 6.07) is 22.0. The van der Waals surface area contributed by atoms with Gasteiger partial charge in [-0.05, 0) is 31.9 Å². The van der Waals surface area contributed by atoms with Crippen molar-refractivity contribution in [3.8, 4) is 6.07 Å². The smallest absolute Gasteiger partial charge is 0.167 e. The third kappa shape index (κ3) is 3.89. The first-order valence-electron chi connectivity index (χ1n) is 9.63. The van der Waals surface area contributed by atoms with E-state index in [2.05, 4.69) is 11.2 Å². The largest absolute Gasteiger partial charge is 0.294 e. The number of carbonyl (C=O) groups excluding carboxylic acids is 1. The van der Waals surface area contributed by atoms with Crippen molar-refractivity contribution in [1.82, 2.24) is 9.78 Å². The van der Waals surface area contributed by atoms with Gasteiger partial charge in [-0.25, -0.2) is 0 Å². The van der Waals surface area contributed by atoms with Crippen LogP contribution in [0.3, 0.4) is 0 Å². The molecule has 3 rings (SSSR count). The number of ketones is 1. The standard InChI is InChI=1S/C24H25N3O/c1-4-27-18(3)24(17(2)26-27)23(28)15-21(19-11-7-5-8-12-19)22(16-25)20-13-9-6-10-14-20/h5-14,21-22H,4,15H2,1-3H3/t21-,22-/m0/s1. The topological polar surface area (TPSA) is 58.7 Å². The Bertz CT molecular complexity index is 984. The van der Waals surface area contributed by atoms with Crippen LogP contribution in [0, 0.1) is 25.2 Å². The average molecular weight is 371 g/mol. The maximum Gasteiger partial charge on any atom is 0.167 e. The van der Waals surface area contributed by atoms with Crippen LogP contribution in [0.2, 0.25) is 0 Å². The van der Waals surface area contributed by atoms with Gasteiger partial charge in [0.2, 0.25) is 0 Å². The molecule has 2 aromatic carbocycles. The van der Waals surface area contributed by atoms with Crippen molar-refractivity contribution in [3.63, 3.8) is 0 Å². The molecule has 4 heteroatoms. The highest BCUT2D eigenvalue weighted by Gasteiger charge is 2.29. The maximum absolute atomic E-state index is 13.3. The number of nitrogens with zero attached hydrogens (tertiary/aromatic N) is 3. The minimum absolute atomic E-state index is 0.0414. The average Bonchev–Trinajstić information content (AvgIpc) is 3.02. The lowest BCUT2D eigenvalue weighted by atomic mass is 9.78. The highest BCUT2D eigenvalue weighted by molar-refractivity contribution is 5.98. The van der Waals surface area contributed by atoms with Gasteiger partial charge in [-0.1, -0.05) is 60.7 Å². The number of hydrogen-bond acceptors (Lipinski definition) is 3. The molecule has 0 bridgehead atoms. The SMILES string of the molecule is CCn1nc(C)c(C(=O)C[C@@H](c2ccccc2)[C@@H](C#N)c2ccccc2)c1C. The molecule has 0 amide bonds. The Kier molecular flexibility index (Phi) is 6.06. The van der Waals surface area contributed by atoms with E-state index in [1.807, 2.05) is 86.1 Å². The second kappa shape index (κ2) is 8.67. The molecule has 3 aromatic rings. The van der Waals surface area contributed by atoms with Crippen LogP contribution in [-0.4, -0.2) is 15.6 Å². The van der Waals surface area contributed by atoms with E-state index in [9.17, 15) is 10.1 Å². The minimum atomic E-state index is -0.394. The number of aryl methyl sites for hydroxylation is 2. The first-order valence-corrected chi connectivity index (χ1v) is 9.63. The fourth-order valence-corrected chi connectivity index (χ4v) is 3.90. The number of benzene rings is 2. The van der Waals surface area contributed by atoms with Gasteiger partial charge in [0, 0.05) is 24.6 Å². The molecule has 0 aliphatic heterocycles. The second-order valence-electron chi connectivity index (χ2n) is 7.02. The summed E-state index contributed by atoms with van der Waals surface area (Å²) >= 11 is 0. The first kappa shape index (κ1) is 19.6. The number of nitriles is 1. The van der Waals surface area contributed by atoms with Crippen molar-refractivity contribution in [3.05, 3.63) is 88.7 Å². The van der Waals surface area contributed by atoms with Gasteiger partial charge >= 0.3 is 0 Å². The molecule has 0 saturated heterocycles. The molecule has 1 heterocycles. The number of rotatable bonds is 7. The summed E-state index contributed by atoms with van der Waals surface area (Å²) in [5, 5.41) is 14.5. The molecule has 0 aliphatic carbocycles. The van der Waals surface area contributed by atoms with Crippen molar-refractivity contribution < 1.29 is 4.79 Å². The van der Waals surface area contributed by atoms with Gasteiger partial charge in [-0.2, -0.15) is 10.4 Å². The van der Waals surface area contributed by atoms with Crippen LogP contribution in [-0.2, 0) is 6.54 Å². The fourth-order valence-electron chi connectivity index (χ4n) is 3.90. The van der Waals surface area contributed by atoms with Gasteiger partial charge in [-0.15, -0.1) is 0 Å². The normalized spacial score (nSPS) is 12.9. The molecule has 4 nitrogen and oxygen atoms in total. The summed E-state index contributed by atoms with van der Waals surface area (Å²) in [5.74, 6) is -0.570. The second-order valence-corrected chi connectivity index (χ2v) is 7.02. The van der Waals surface area contributed by atoms with E-state index in [-0.39, 0.29) is 18.1 Å². The number of carbonyl (C=O) groups is 1. The Morgan fingerprint density at radius 3 is 2.11 bits per heavy atom. The van der Waals surface area contributed by atoms with Crippen LogP contribution in [0.4, 0.5) is 0 Å². The minimum Gasteiger partial charge on any atom is -0.294 e. The zero-order chi connectivity index (χ0) is 20.1. The van der Waals surface area contributed by atoms with Gasteiger partial charge in [0.05, 0.1) is 23.2 Å². The number of Topliss-reactive ketones (excluding diaryl/α,β-unsaturated/α-hetero) is 1. The predicted octanol–water partition coefficient (Wildman–Crippen LogP) is 5.18. The van der Waals surface area contributed by atoms with Crippen molar-refractivity contribution in [2.45, 2.75) is 45.6 Å². The molecule has 142 valence electrons. The third-order valence-electron chi connectivity index (χ3n) is 5.29. The van der Waals surface area contributed by atoms with Crippen molar-refractivity contribution in [2.75, 3.05) is 0 Å². The van der Waals surface area contributed by atoms with E-state index in [1.165, 1.54) is 0 Å².